The number of ketones is 2. The van der Waals surface area contributed by atoms with Crippen LogP contribution in [-0.2, 0) is 6.54 Å². The fourth-order valence-corrected chi connectivity index (χ4v) is 3.69. The molecule has 0 spiro atoms. The molecule has 4 aromatic rings. The zero-order valence-electron chi connectivity index (χ0n) is 14.2. The molecular weight excluding hydrogens is 340 g/mol. The Morgan fingerprint density at radius 2 is 1.37 bits per heavy atom. The highest BCUT2D eigenvalue weighted by atomic mass is 16.1. The first-order valence-electron chi connectivity index (χ1n) is 8.63. The molecule has 5 rings (SSSR count). The Morgan fingerprint density at radius 1 is 0.704 bits per heavy atom. The molecule has 1 N–H and O–H groups in total. The summed E-state index contributed by atoms with van der Waals surface area (Å²) in [7, 11) is 0. The zero-order chi connectivity index (χ0) is 18.5. The van der Waals surface area contributed by atoms with E-state index in [-0.39, 0.29) is 22.7 Å². The third kappa shape index (κ3) is 2.22. The Bertz CT molecular complexity index is 1300. The maximum atomic E-state index is 13.1. The Labute approximate surface area is 153 Å². The molecule has 0 unspecified atom stereocenters. The highest BCUT2D eigenvalue weighted by Crippen LogP contribution is 2.30. The Hall–Kier alpha value is -3.73. The minimum atomic E-state index is -0.237. The summed E-state index contributed by atoms with van der Waals surface area (Å²) in [6.45, 7) is 0.363. The van der Waals surface area contributed by atoms with Gasteiger partial charge in [-0.15, -0.1) is 0 Å². The molecule has 3 aromatic carbocycles. The lowest BCUT2D eigenvalue weighted by atomic mass is 9.83. The number of carbonyl (C=O) groups excluding carboxylic acids is 2. The summed E-state index contributed by atoms with van der Waals surface area (Å²) in [6.07, 6.45) is 0. The average Bonchev–Trinajstić information content (AvgIpc) is 3.02. The van der Waals surface area contributed by atoms with E-state index < -0.39 is 0 Å². The smallest absolute Gasteiger partial charge is 0.274 e. The summed E-state index contributed by atoms with van der Waals surface area (Å²) in [5, 5.41) is 3.46. The van der Waals surface area contributed by atoms with Gasteiger partial charge >= 0.3 is 0 Å². The van der Waals surface area contributed by atoms with Crippen molar-refractivity contribution in [2.75, 3.05) is 0 Å². The molecule has 0 aliphatic heterocycles. The maximum absolute atomic E-state index is 13.1. The van der Waals surface area contributed by atoms with Crippen LogP contribution < -0.4 is 5.56 Å². The molecule has 0 atom stereocenters. The van der Waals surface area contributed by atoms with Gasteiger partial charge < -0.3 is 0 Å². The first-order valence-corrected chi connectivity index (χ1v) is 8.63. The number of aromatic nitrogens is 2. The number of nitrogens with one attached hydrogen (secondary N) is 1. The number of carbonyl (C=O) groups is 2. The minimum absolute atomic E-state index is 0.196. The second kappa shape index (κ2) is 5.64. The molecule has 5 nitrogen and oxygen atoms in total. The highest BCUT2D eigenvalue weighted by Gasteiger charge is 2.32. The number of hydrogen-bond donors (Lipinski definition) is 1. The summed E-state index contributed by atoms with van der Waals surface area (Å²) in [5.41, 5.74) is 2.56. The number of benzene rings is 3. The van der Waals surface area contributed by atoms with Crippen molar-refractivity contribution in [3.8, 4) is 0 Å². The minimum Gasteiger partial charge on any atom is -0.294 e. The van der Waals surface area contributed by atoms with Crippen molar-refractivity contribution in [2.45, 2.75) is 6.54 Å². The second-order valence-electron chi connectivity index (χ2n) is 6.60. The van der Waals surface area contributed by atoms with E-state index in [4.69, 9.17) is 0 Å². The molecule has 27 heavy (non-hydrogen) atoms. The number of aromatic amines is 1. The van der Waals surface area contributed by atoms with Crippen LogP contribution in [0.25, 0.3) is 10.9 Å². The van der Waals surface area contributed by atoms with Crippen LogP contribution in [-0.4, -0.2) is 21.3 Å². The van der Waals surface area contributed by atoms with Gasteiger partial charge in [0.2, 0.25) is 0 Å². The van der Waals surface area contributed by atoms with Gasteiger partial charge in [0.15, 0.2) is 11.6 Å². The Kier molecular flexibility index (Phi) is 3.24. The van der Waals surface area contributed by atoms with Crippen molar-refractivity contribution < 1.29 is 9.59 Å². The van der Waals surface area contributed by atoms with Crippen LogP contribution in [0.3, 0.4) is 0 Å². The summed E-state index contributed by atoms with van der Waals surface area (Å²) < 4.78 is 1.47. The van der Waals surface area contributed by atoms with Crippen LogP contribution >= 0.6 is 0 Å². The topological polar surface area (TPSA) is 71.9 Å². The van der Waals surface area contributed by atoms with Gasteiger partial charge in [-0.1, -0.05) is 54.6 Å². The SMILES string of the molecule is O=C1c2ccccc2C(=O)c2c1ccc1c(=O)n(Cc3ccccc3)[nH]c21. The van der Waals surface area contributed by atoms with E-state index in [2.05, 4.69) is 5.10 Å². The van der Waals surface area contributed by atoms with Crippen molar-refractivity contribution in [1.29, 1.82) is 0 Å². The Balaban J connectivity index is 1.73. The maximum Gasteiger partial charge on any atom is 0.274 e. The molecule has 130 valence electrons. The highest BCUT2D eigenvalue weighted by molar-refractivity contribution is 6.31. The third-order valence-electron chi connectivity index (χ3n) is 5.00. The van der Waals surface area contributed by atoms with E-state index in [1.165, 1.54) is 4.68 Å². The number of H-pyrrole nitrogens is 1. The zero-order valence-corrected chi connectivity index (χ0v) is 14.2. The van der Waals surface area contributed by atoms with Gasteiger partial charge in [-0.2, -0.15) is 0 Å². The lowest BCUT2D eigenvalue weighted by Gasteiger charge is -2.17. The van der Waals surface area contributed by atoms with E-state index >= 15 is 0 Å². The Morgan fingerprint density at radius 3 is 2.11 bits per heavy atom. The van der Waals surface area contributed by atoms with Crippen LogP contribution in [0.1, 0.15) is 37.4 Å². The fraction of sp³-hybridized carbons (Fsp3) is 0.0455. The molecule has 0 saturated carbocycles. The van der Waals surface area contributed by atoms with E-state index in [0.29, 0.717) is 34.1 Å². The summed E-state index contributed by atoms with van der Waals surface area (Å²) in [6, 6.07) is 19.6. The normalized spacial score (nSPS) is 12.9. The van der Waals surface area contributed by atoms with Gasteiger partial charge in [-0.3, -0.25) is 19.5 Å². The van der Waals surface area contributed by atoms with Crippen LogP contribution in [0.5, 0.6) is 0 Å². The summed E-state index contributed by atoms with van der Waals surface area (Å²) in [5.74, 6) is -0.433. The van der Waals surface area contributed by atoms with Gasteiger partial charge in [-0.05, 0) is 17.7 Å². The standard InChI is InChI=1S/C22H14N2O3/c25-20-14-8-4-5-9-15(14)21(26)18-16(20)10-11-17-19(18)23-24(22(17)27)12-13-6-2-1-3-7-13/h1-11,23H,12H2. The van der Waals surface area contributed by atoms with Crippen molar-refractivity contribution in [2.24, 2.45) is 0 Å². The molecule has 1 aliphatic carbocycles. The summed E-state index contributed by atoms with van der Waals surface area (Å²) in [4.78, 5) is 38.7. The number of hydrogen-bond acceptors (Lipinski definition) is 3. The fourth-order valence-electron chi connectivity index (χ4n) is 3.69. The summed E-state index contributed by atoms with van der Waals surface area (Å²) >= 11 is 0. The molecule has 0 saturated heterocycles. The van der Waals surface area contributed by atoms with Crippen LogP contribution in [0.2, 0.25) is 0 Å². The van der Waals surface area contributed by atoms with Crippen molar-refractivity contribution in [3.05, 3.63) is 105 Å². The van der Waals surface area contributed by atoms with Gasteiger partial charge in [0.1, 0.15) is 0 Å². The van der Waals surface area contributed by atoms with Crippen LogP contribution in [0.4, 0.5) is 0 Å². The molecule has 0 radical (unpaired) electrons. The predicted molar refractivity (Wildman–Crippen MR) is 101 cm³/mol. The van der Waals surface area contributed by atoms with Gasteiger partial charge in [0.25, 0.3) is 5.56 Å². The second-order valence-corrected chi connectivity index (χ2v) is 6.60. The van der Waals surface area contributed by atoms with E-state index in [9.17, 15) is 14.4 Å². The number of nitrogens with zero attached hydrogens (tertiary/aromatic N) is 1. The van der Waals surface area contributed by atoms with Gasteiger partial charge in [0, 0.05) is 16.7 Å². The molecule has 0 amide bonds. The quantitative estimate of drug-likeness (QED) is 0.529. The molecule has 5 heteroatoms. The molecule has 1 heterocycles. The number of rotatable bonds is 2. The van der Waals surface area contributed by atoms with Crippen LogP contribution in [0, 0.1) is 0 Å². The lowest BCUT2D eigenvalue weighted by Crippen LogP contribution is -2.21. The molecule has 1 aromatic heterocycles. The van der Waals surface area contributed by atoms with Crippen molar-refractivity contribution >= 4 is 22.5 Å². The van der Waals surface area contributed by atoms with Gasteiger partial charge in [0.05, 0.1) is 23.0 Å². The molecule has 0 bridgehead atoms. The van der Waals surface area contributed by atoms with Crippen molar-refractivity contribution in [3.63, 3.8) is 0 Å². The van der Waals surface area contributed by atoms with E-state index in [0.717, 1.165) is 5.56 Å². The first-order chi connectivity index (χ1) is 13.1. The largest absolute Gasteiger partial charge is 0.294 e. The van der Waals surface area contributed by atoms with Crippen molar-refractivity contribution in [1.82, 2.24) is 9.78 Å². The first kappa shape index (κ1) is 15.5. The monoisotopic (exact) mass is 354 g/mol. The average molecular weight is 354 g/mol. The molecule has 1 aliphatic rings. The third-order valence-corrected chi connectivity index (χ3v) is 5.00. The van der Waals surface area contributed by atoms with Gasteiger partial charge in [-0.25, -0.2) is 4.68 Å². The van der Waals surface area contributed by atoms with E-state index in [1.807, 2.05) is 30.3 Å². The molecular formula is C22H14N2O3. The number of fused-ring (bicyclic) bond motifs is 4. The molecule has 0 fully saturated rings. The van der Waals surface area contributed by atoms with Crippen LogP contribution in [0.15, 0.2) is 71.5 Å². The predicted octanol–water partition coefficient (Wildman–Crippen LogP) is 3.15. The lowest BCUT2D eigenvalue weighted by molar-refractivity contribution is 0.0980. The van der Waals surface area contributed by atoms with E-state index in [1.54, 1.807) is 36.4 Å².